The lowest BCUT2D eigenvalue weighted by Gasteiger charge is -2.11. The average Bonchev–Trinajstić information content (AvgIpc) is 2.88. The second-order valence-corrected chi connectivity index (χ2v) is 5.87. The molecule has 2 rings (SSSR count). The summed E-state index contributed by atoms with van der Waals surface area (Å²) in [6.45, 7) is 2.16. The van der Waals surface area contributed by atoms with E-state index in [0.717, 1.165) is 22.7 Å². The first kappa shape index (κ1) is 16.8. The summed E-state index contributed by atoms with van der Waals surface area (Å²) in [6, 6.07) is 7.26. The van der Waals surface area contributed by atoms with Crippen molar-refractivity contribution in [2.45, 2.75) is 13.5 Å². The van der Waals surface area contributed by atoms with Crippen molar-refractivity contribution >= 4 is 28.5 Å². The van der Waals surface area contributed by atoms with Crippen molar-refractivity contribution in [3.05, 3.63) is 41.0 Å². The molecule has 0 aliphatic rings. The van der Waals surface area contributed by atoms with Crippen LogP contribution in [0.3, 0.4) is 0 Å². The normalized spacial score (nSPS) is 10.2. The quantitative estimate of drug-likeness (QED) is 0.876. The number of rotatable bonds is 5. The second-order valence-electron chi connectivity index (χ2n) is 5.10. The summed E-state index contributed by atoms with van der Waals surface area (Å²) < 4.78 is 9.51. The maximum atomic E-state index is 11.7. The summed E-state index contributed by atoms with van der Waals surface area (Å²) in [6.07, 6.45) is 0. The molecular formula is C15H17N3O4S. The van der Waals surface area contributed by atoms with Gasteiger partial charge in [0.1, 0.15) is 11.6 Å². The number of carbonyl (C=O) groups excluding carboxylic acids is 1. The van der Waals surface area contributed by atoms with Crippen LogP contribution in [0.2, 0.25) is 0 Å². The van der Waals surface area contributed by atoms with Gasteiger partial charge in [0.2, 0.25) is 5.88 Å². The highest BCUT2D eigenvalue weighted by atomic mass is 32.1. The molecule has 0 fully saturated rings. The van der Waals surface area contributed by atoms with Gasteiger partial charge in [-0.2, -0.15) is 4.37 Å². The molecule has 0 spiro atoms. The van der Waals surface area contributed by atoms with E-state index in [9.17, 15) is 14.7 Å². The van der Waals surface area contributed by atoms with Gasteiger partial charge in [0.25, 0.3) is 0 Å². The van der Waals surface area contributed by atoms with Gasteiger partial charge >= 0.3 is 12.0 Å². The number of nitrogens with one attached hydrogen (secondary N) is 1. The number of aromatic carboxylic acids is 1. The predicted octanol–water partition coefficient (Wildman–Crippen LogP) is 2.82. The molecular weight excluding hydrogens is 318 g/mol. The molecule has 0 saturated carbocycles. The maximum Gasteiger partial charge on any atom is 0.344 e. The van der Waals surface area contributed by atoms with Crippen LogP contribution >= 0.6 is 11.5 Å². The number of urea groups is 1. The van der Waals surface area contributed by atoms with Gasteiger partial charge in [-0.15, -0.1) is 0 Å². The summed E-state index contributed by atoms with van der Waals surface area (Å²) in [5.41, 5.74) is 1.85. The van der Waals surface area contributed by atoms with Crippen molar-refractivity contribution < 1.29 is 19.4 Å². The first-order valence-corrected chi connectivity index (χ1v) is 7.55. The van der Waals surface area contributed by atoms with E-state index in [4.69, 9.17) is 4.74 Å². The average molecular weight is 335 g/mol. The van der Waals surface area contributed by atoms with E-state index in [1.54, 1.807) is 14.1 Å². The van der Waals surface area contributed by atoms with Gasteiger partial charge in [-0.25, -0.2) is 9.59 Å². The second kappa shape index (κ2) is 7.10. The number of carbonyl (C=O) groups is 2. The number of hydrogen-bond acceptors (Lipinski definition) is 5. The van der Waals surface area contributed by atoms with E-state index < -0.39 is 12.0 Å². The number of carboxylic acids is 1. The molecule has 0 bridgehead atoms. The summed E-state index contributed by atoms with van der Waals surface area (Å²) in [7, 11) is 3.12. The van der Waals surface area contributed by atoms with Gasteiger partial charge in [-0.1, -0.05) is 29.8 Å². The maximum absolute atomic E-state index is 11.7. The Morgan fingerprint density at radius 2 is 2.13 bits per heavy atom. The molecule has 8 heteroatoms. The van der Waals surface area contributed by atoms with Crippen molar-refractivity contribution in [2.75, 3.05) is 19.4 Å². The lowest BCUT2D eigenvalue weighted by molar-refractivity contribution is 0.0693. The lowest BCUT2D eigenvalue weighted by Crippen LogP contribution is -2.27. The van der Waals surface area contributed by atoms with Crippen molar-refractivity contribution in [1.29, 1.82) is 0 Å². The van der Waals surface area contributed by atoms with E-state index in [1.807, 2.05) is 31.2 Å². The fourth-order valence-electron chi connectivity index (χ4n) is 1.81. The van der Waals surface area contributed by atoms with Crippen molar-refractivity contribution in [3.63, 3.8) is 0 Å². The first-order chi connectivity index (χ1) is 10.9. The van der Waals surface area contributed by atoms with Crippen molar-refractivity contribution in [3.8, 4) is 5.88 Å². The molecule has 0 saturated heterocycles. The molecule has 2 N–H and O–H groups in total. The number of aromatic nitrogens is 1. The first-order valence-electron chi connectivity index (χ1n) is 6.78. The van der Waals surface area contributed by atoms with Gasteiger partial charge in [-0.05, 0) is 24.0 Å². The smallest absolute Gasteiger partial charge is 0.344 e. The van der Waals surface area contributed by atoms with Gasteiger partial charge in [-0.3, -0.25) is 5.32 Å². The molecule has 0 aliphatic carbocycles. The molecule has 1 aromatic carbocycles. The highest BCUT2D eigenvalue weighted by molar-refractivity contribution is 7.11. The lowest BCUT2D eigenvalue weighted by atomic mass is 10.1. The highest BCUT2D eigenvalue weighted by Gasteiger charge is 2.23. The largest absolute Gasteiger partial charge is 0.477 e. The van der Waals surface area contributed by atoms with Crippen LogP contribution in [0.1, 0.15) is 21.5 Å². The Hall–Kier alpha value is -2.61. The highest BCUT2D eigenvalue weighted by Crippen LogP contribution is 2.31. The molecule has 2 amide bonds. The Balaban J connectivity index is 2.17. The predicted molar refractivity (Wildman–Crippen MR) is 87.3 cm³/mol. The van der Waals surface area contributed by atoms with Crippen LogP contribution in [-0.2, 0) is 6.61 Å². The molecule has 7 nitrogen and oxygen atoms in total. The number of ether oxygens (including phenoxy) is 1. The van der Waals surface area contributed by atoms with Gasteiger partial charge in [0.15, 0.2) is 5.56 Å². The van der Waals surface area contributed by atoms with E-state index in [2.05, 4.69) is 9.69 Å². The fourth-order valence-corrected chi connectivity index (χ4v) is 2.53. The summed E-state index contributed by atoms with van der Waals surface area (Å²) in [4.78, 5) is 24.4. The minimum absolute atomic E-state index is 0.00179. The van der Waals surface area contributed by atoms with E-state index in [0.29, 0.717) is 0 Å². The molecule has 0 aliphatic heterocycles. The zero-order valence-corrected chi connectivity index (χ0v) is 13.8. The van der Waals surface area contributed by atoms with Crippen LogP contribution in [0.4, 0.5) is 9.80 Å². The number of hydrogen-bond donors (Lipinski definition) is 2. The standard InChI is InChI=1S/C15H17N3O4S/c1-9-5-4-6-10(7-9)8-22-12-11(14(19)20)13(23-17-12)16-15(21)18(2)3/h4-7H,8H2,1-3H3,(H,16,21)(H,19,20). The van der Waals surface area contributed by atoms with Crippen LogP contribution in [0, 0.1) is 6.92 Å². The van der Waals surface area contributed by atoms with Gasteiger partial charge < -0.3 is 14.7 Å². The number of nitrogens with zero attached hydrogens (tertiary/aromatic N) is 2. The number of carboxylic acid groups (broad SMARTS) is 1. The van der Waals surface area contributed by atoms with E-state index >= 15 is 0 Å². The minimum Gasteiger partial charge on any atom is -0.477 e. The van der Waals surface area contributed by atoms with Crippen LogP contribution < -0.4 is 10.1 Å². The molecule has 2 aromatic rings. The topological polar surface area (TPSA) is 91.8 Å². The summed E-state index contributed by atoms with van der Waals surface area (Å²) in [5.74, 6) is -1.20. The third-order valence-electron chi connectivity index (χ3n) is 2.96. The number of aryl methyl sites for hydroxylation is 1. The third kappa shape index (κ3) is 4.19. The Kier molecular flexibility index (Phi) is 5.17. The van der Waals surface area contributed by atoms with Gasteiger partial charge in [0.05, 0.1) is 0 Å². The molecule has 122 valence electrons. The van der Waals surface area contributed by atoms with Crippen LogP contribution in [-0.4, -0.2) is 40.5 Å². The zero-order chi connectivity index (χ0) is 17.0. The van der Waals surface area contributed by atoms with Crippen LogP contribution in [0.25, 0.3) is 0 Å². The Morgan fingerprint density at radius 3 is 2.74 bits per heavy atom. The minimum atomic E-state index is -1.20. The Labute approximate surface area is 137 Å². The molecule has 0 atom stereocenters. The molecule has 0 radical (unpaired) electrons. The molecule has 0 unspecified atom stereocenters. The number of amides is 2. The van der Waals surface area contributed by atoms with Crippen molar-refractivity contribution in [1.82, 2.24) is 9.27 Å². The van der Waals surface area contributed by atoms with Gasteiger partial charge in [0, 0.05) is 14.1 Å². The van der Waals surface area contributed by atoms with E-state index in [-0.39, 0.29) is 23.1 Å². The molecule has 1 aromatic heterocycles. The van der Waals surface area contributed by atoms with Crippen molar-refractivity contribution in [2.24, 2.45) is 0 Å². The fraction of sp³-hybridized carbons (Fsp3) is 0.267. The van der Waals surface area contributed by atoms with E-state index in [1.165, 1.54) is 4.90 Å². The monoisotopic (exact) mass is 335 g/mol. The number of anilines is 1. The molecule has 1 heterocycles. The Bertz CT molecular complexity index is 727. The zero-order valence-electron chi connectivity index (χ0n) is 13.0. The Morgan fingerprint density at radius 1 is 1.39 bits per heavy atom. The number of benzene rings is 1. The summed E-state index contributed by atoms with van der Waals surface area (Å²) >= 11 is 0.874. The third-order valence-corrected chi connectivity index (χ3v) is 3.71. The SMILES string of the molecule is Cc1cccc(COc2nsc(NC(=O)N(C)C)c2C(=O)O)c1. The molecule has 23 heavy (non-hydrogen) atoms. The van der Waals surface area contributed by atoms with Crippen LogP contribution in [0.5, 0.6) is 5.88 Å². The summed E-state index contributed by atoms with van der Waals surface area (Å²) in [5, 5.41) is 12.0. The van der Waals surface area contributed by atoms with Crippen LogP contribution in [0.15, 0.2) is 24.3 Å².